The first-order valence-corrected chi connectivity index (χ1v) is 11.2. The highest BCUT2D eigenvalue weighted by atomic mass is 35.5. The van der Waals surface area contributed by atoms with Crippen molar-refractivity contribution in [3.63, 3.8) is 0 Å². The molecule has 9 heteroatoms. The number of rotatable bonds is 7. The normalized spacial score (nSPS) is 13.4. The Labute approximate surface area is 208 Å². The summed E-state index contributed by atoms with van der Waals surface area (Å²) in [5.41, 5.74) is -1.81. The molecule has 4 aromatic rings. The van der Waals surface area contributed by atoms with Crippen LogP contribution >= 0.6 is 11.6 Å². The molecule has 0 saturated heterocycles. The van der Waals surface area contributed by atoms with Gasteiger partial charge in [0.15, 0.2) is 0 Å². The van der Waals surface area contributed by atoms with Gasteiger partial charge in [0.25, 0.3) is 0 Å². The quantitative estimate of drug-likeness (QED) is 0.256. The summed E-state index contributed by atoms with van der Waals surface area (Å²) in [5.74, 6) is -2.71. The van der Waals surface area contributed by atoms with Crippen LogP contribution in [0.25, 0.3) is 0 Å². The molecular formula is C27H19ClF6N2. The van der Waals surface area contributed by atoms with Gasteiger partial charge in [-0.2, -0.15) is 13.2 Å². The molecule has 4 rings (SSSR count). The van der Waals surface area contributed by atoms with E-state index in [0.29, 0.717) is 17.7 Å². The van der Waals surface area contributed by atoms with Gasteiger partial charge in [-0.1, -0.05) is 48.0 Å². The molecule has 1 aromatic heterocycles. The van der Waals surface area contributed by atoms with Gasteiger partial charge in [0.2, 0.25) is 0 Å². The molecule has 186 valence electrons. The fourth-order valence-corrected chi connectivity index (χ4v) is 4.15. The second-order valence-electron chi connectivity index (χ2n) is 8.24. The minimum Gasteiger partial charge on any atom is -0.298 e. The average Bonchev–Trinajstić information content (AvgIpc) is 2.83. The zero-order chi connectivity index (χ0) is 25.9. The smallest absolute Gasteiger partial charge is 0.298 e. The molecule has 1 atom stereocenters. The Kier molecular flexibility index (Phi) is 7.38. The Hall–Kier alpha value is -3.36. The molecule has 0 spiro atoms. The van der Waals surface area contributed by atoms with Crippen LogP contribution in [0.4, 0.5) is 26.3 Å². The van der Waals surface area contributed by atoms with Crippen LogP contribution in [0.2, 0.25) is 5.02 Å². The van der Waals surface area contributed by atoms with Crippen molar-refractivity contribution >= 4 is 11.6 Å². The molecule has 0 aliphatic rings. The molecular weight excluding hydrogens is 502 g/mol. The van der Waals surface area contributed by atoms with E-state index >= 15 is 0 Å². The number of hydrogen-bond donors (Lipinski definition) is 1. The van der Waals surface area contributed by atoms with Crippen molar-refractivity contribution in [3.8, 4) is 0 Å². The van der Waals surface area contributed by atoms with E-state index in [-0.39, 0.29) is 34.8 Å². The molecule has 0 radical (unpaired) electrons. The van der Waals surface area contributed by atoms with Gasteiger partial charge in [0.05, 0.1) is 21.8 Å². The number of benzene rings is 3. The molecule has 0 aliphatic carbocycles. The van der Waals surface area contributed by atoms with Crippen molar-refractivity contribution in [3.05, 3.63) is 135 Å². The summed E-state index contributed by atoms with van der Waals surface area (Å²) in [7, 11) is 0. The van der Waals surface area contributed by atoms with E-state index in [1.165, 1.54) is 24.4 Å². The van der Waals surface area contributed by atoms with Gasteiger partial charge in [0.1, 0.15) is 17.5 Å². The SMILES string of the molecule is Fc1cc(C(F)(F)F)cc(C(Cc2ccccc2)(NCc2ccc(F)cc2F)c2ccc(Cl)cn2)c1. The average molecular weight is 521 g/mol. The Morgan fingerprint density at radius 2 is 1.50 bits per heavy atom. The largest absolute Gasteiger partial charge is 0.416 e. The van der Waals surface area contributed by atoms with E-state index in [2.05, 4.69) is 10.3 Å². The van der Waals surface area contributed by atoms with Crippen molar-refractivity contribution in [2.75, 3.05) is 0 Å². The predicted molar refractivity (Wildman–Crippen MR) is 125 cm³/mol. The van der Waals surface area contributed by atoms with Gasteiger partial charge in [-0.3, -0.25) is 10.3 Å². The molecule has 0 saturated carbocycles. The van der Waals surface area contributed by atoms with E-state index in [1.54, 1.807) is 30.3 Å². The number of halogens is 7. The first kappa shape index (κ1) is 25.7. The van der Waals surface area contributed by atoms with Crippen LogP contribution < -0.4 is 5.32 Å². The molecule has 1 N–H and O–H groups in total. The van der Waals surface area contributed by atoms with E-state index in [1.807, 2.05) is 0 Å². The standard InChI is InChI=1S/C27H19ClF6N2/c28-21-7-9-25(35-16-21)26(14-17-4-2-1-3-5-17,36-15-18-6-8-22(29)13-24(18)31)19-10-20(27(32,33)34)12-23(30)11-19/h1-13,16,36H,14-15H2. The third-order valence-electron chi connectivity index (χ3n) is 5.79. The fraction of sp³-hybridized carbons (Fsp3) is 0.148. The summed E-state index contributed by atoms with van der Waals surface area (Å²) in [6, 6.07) is 17.1. The van der Waals surface area contributed by atoms with Gasteiger partial charge in [-0.15, -0.1) is 0 Å². The first-order valence-electron chi connectivity index (χ1n) is 10.8. The maximum atomic E-state index is 14.6. The van der Waals surface area contributed by atoms with Gasteiger partial charge in [0, 0.05) is 30.8 Å². The number of hydrogen-bond acceptors (Lipinski definition) is 2. The Balaban J connectivity index is 1.93. The fourth-order valence-electron chi connectivity index (χ4n) is 4.04. The van der Waals surface area contributed by atoms with Crippen molar-refractivity contribution in [2.45, 2.75) is 24.7 Å². The summed E-state index contributed by atoms with van der Waals surface area (Å²) < 4.78 is 83.5. The van der Waals surface area contributed by atoms with Crippen LogP contribution in [0.15, 0.2) is 85.1 Å². The summed E-state index contributed by atoms with van der Waals surface area (Å²) >= 11 is 6.01. The summed E-state index contributed by atoms with van der Waals surface area (Å²) in [6.07, 6.45) is -3.46. The lowest BCUT2D eigenvalue weighted by molar-refractivity contribution is -0.137. The molecule has 3 aromatic carbocycles. The van der Waals surface area contributed by atoms with E-state index in [4.69, 9.17) is 11.6 Å². The van der Waals surface area contributed by atoms with Crippen molar-refractivity contribution in [1.29, 1.82) is 0 Å². The zero-order valence-electron chi connectivity index (χ0n) is 18.6. The maximum Gasteiger partial charge on any atom is 0.416 e. The topological polar surface area (TPSA) is 24.9 Å². The third-order valence-corrected chi connectivity index (χ3v) is 6.01. The van der Waals surface area contributed by atoms with Crippen LogP contribution in [0, 0.1) is 17.5 Å². The maximum absolute atomic E-state index is 14.6. The molecule has 36 heavy (non-hydrogen) atoms. The summed E-state index contributed by atoms with van der Waals surface area (Å²) in [4.78, 5) is 4.34. The van der Waals surface area contributed by atoms with Crippen molar-refractivity contribution in [2.24, 2.45) is 0 Å². The third kappa shape index (κ3) is 5.71. The number of nitrogens with one attached hydrogen (secondary N) is 1. The summed E-state index contributed by atoms with van der Waals surface area (Å²) in [6.45, 7) is -0.221. The highest BCUT2D eigenvalue weighted by Crippen LogP contribution is 2.38. The van der Waals surface area contributed by atoms with Crippen LogP contribution in [-0.4, -0.2) is 4.98 Å². The zero-order valence-corrected chi connectivity index (χ0v) is 19.3. The van der Waals surface area contributed by atoms with Gasteiger partial charge in [-0.05, 0) is 47.5 Å². The molecule has 0 amide bonds. The number of nitrogens with zero attached hydrogens (tertiary/aromatic N) is 1. The van der Waals surface area contributed by atoms with E-state index in [9.17, 15) is 26.3 Å². The monoisotopic (exact) mass is 520 g/mol. The minimum absolute atomic E-state index is 0.0338. The van der Waals surface area contributed by atoms with E-state index < -0.39 is 34.7 Å². The summed E-state index contributed by atoms with van der Waals surface area (Å²) in [5, 5.41) is 3.40. The van der Waals surface area contributed by atoms with Gasteiger partial charge in [-0.25, -0.2) is 13.2 Å². The van der Waals surface area contributed by atoms with Gasteiger partial charge < -0.3 is 0 Å². The van der Waals surface area contributed by atoms with Crippen LogP contribution in [0.3, 0.4) is 0 Å². The molecule has 2 nitrogen and oxygen atoms in total. The molecule has 1 heterocycles. The molecule has 0 bridgehead atoms. The lowest BCUT2D eigenvalue weighted by Gasteiger charge is -2.36. The van der Waals surface area contributed by atoms with Gasteiger partial charge >= 0.3 is 6.18 Å². The predicted octanol–water partition coefficient (Wildman–Crippen LogP) is 7.45. The first-order chi connectivity index (χ1) is 17.1. The number of alkyl halides is 3. The molecule has 0 aliphatic heterocycles. The Morgan fingerprint density at radius 3 is 2.14 bits per heavy atom. The highest BCUT2D eigenvalue weighted by Gasteiger charge is 2.39. The number of aromatic nitrogens is 1. The Bertz CT molecular complexity index is 1340. The molecule has 0 fully saturated rings. The second kappa shape index (κ2) is 10.3. The van der Waals surface area contributed by atoms with Crippen LogP contribution in [0.1, 0.15) is 27.9 Å². The van der Waals surface area contributed by atoms with Crippen molar-refractivity contribution in [1.82, 2.24) is 10.3 Å². The lowest BCUT2D eigenvalue weighted by Crippen LogP contribution is -2.46. The van der Waals surface area contributed by atoms with E-state index in [0.717, 1.165) is 18.2 Å². The second-order valence-corrected chi connectivity index (χ2v) is 8.68. The Morgan fingerprint density at radius 1 is 0.778 bits per heavy atom. The van der Waals surface area contributed by atoms with Crippen LogP contribution in [-0.2, 0) is 24.7 Å². The molecule has 1 unspecified atom stereocenters. The van der Waals surface area contributed by atoms with Crippen molar-refractivity contribution < 1.29 is 26.3 Å². The minimum atomic E-state index is -4.81. The van der Waals surface area contributed by atoms with Crippen LogP contribution in [0.5, 0.6) is 0 Å². The lowest BCUT2D eigenvalue weighted by atomic mass is 9.79. The highest BCUT2D eigenvalue weighted by molar-refractivity contribution is 6.30. The number of pyridine rings is 1.